The molecule has 0 rings (SSSR count). The summed E-state index contributed by atoms with van der Waals surface area (Å²) in [5.74, 6) is 0. The third kappa shape index (κ3) is 17.7. The number of hydrogen-bond donors (Lipinski definition) is 0. The Hall–Kier alpha value is -0.260. The molecule has 0 aromatic heterocycles. The molecule has 0 N–H and O–H groups in total. The van der Waals surface area contributed by atoms with Crippen LogP contribution in [-0.4, -0.2) is 0 Å². The summed E-state index contributed by atoms with van der Waals surface area (Å²) < 4.78 is 0. The van der Waals surface area contributed by atoms with Gasteiger partial charge in [-0.25, -0.2) is 0 Å². The molecular weight excluding hydrogens is 168 g/mol. The molecule has 0 aliphatic heterocycles. The molecule has 0 unspecified atom stereocenters. The Labute approximate surface area is 92.8 Å². The van der Waals surface area contributed by atoms with E-state index in [0.717, 1.165) is 0 Å². The van der Waals surface area contributed by atoms with Crippen molar-refractivity contribution in [1.29, 1.82) is 0 Å². The number of rotatable bonds is 9. The molecule has 0 atom stereocenters. The molecule has 0 radical (unpaired) electrons. The van der Waals surface area contributed by atoms with Crippen molar-refractivity contribution >= 4 is 0 Å². The fourth-order valence-electron chi connectivity index (χ4n) is 1.42. The van der Waals surface area contributed by atoms with E-state index >= 15 is 0 Å². The van der Waals surface area contributed by atoms with Crippen molar-refractivity contribution in [2.45, 2.75) is 79.6 Å². The molecular formula is C14H32. The lowest BCUT2D eigenvalue weighted by Gasteiger charge is -1.99. The quantitative estimate of drug-likeness (QED) is 0.317. The fraction of sp³-hybridized carbons (Fsp3) is 0.857. The van der Waals surface area contributed by atoms with Crippen LogP contribution in [0.1, 0.15) is 79.6 Å². The molecule has 0 aromatic carbocycles. The summed E-state index contributed by atoms with van der Waals surface area (Å²) in [6.07, 6.45) is 14.5. The van der Waals surface area contributed by atoms with Gasteiger partial charge >= 0.3 is 0 Å². The van der Waals surface area contributed by atoms with Gasteiger partial charge in [0, 0.05) is 0 Å². The number of hydrogen-bond acceptors (Lipinski definition) is 0. The van der Waals surface area contributed by atoms with Crippen LogP contribution in [-0.2, 0) is 0 Å². The SMILES string of the molecule is C.C.C=CCCCCCCCCCC. The molecule has 0 aromatic rings. The highest BCUT2D eigenvalue weighted by atomic mass is 14.0. The second kappa shape index (κ2) is 18.5. The standard InChI is InChI=1S/C12H24.2CH4/c1-3-5-7-9-11-12-10-8-6-4-2;;/h3H,1,4-12H2,2H3;2*1H4. The second-order valence-corrected chi connectivity index (χ2v) is 3.55. The lowest BCUT2D eigenvalue weighted by Crippen LogP contribution is -1.79. The van der Waals surface area contributed by atoms with Crippen molar-refractivity contribution in [3.05, 3.63) is 12.7 Å². The van der Waals surface area contributed by atoms with E-state index in [0.29, 0.717) is 0 Å². The summed E-state index contributed by atoms with van der Waals surface area (Å²) in [6.45, 7) is 5.99. The summed E-state index contributed by atoms with van der Waals surface area (Å²) in [6, 6.07) is 0. The smallest absolute Gasteiger partial charge is 0.0353 e. The monoisotopic (exact) mass is 200 g/mol. The Morgan fingerprint density at radius 3 is 1.64 bits per heavy atom. The lowest BCUT2D eigenvalue weighted by molar-refractivity contribution is 0.578. The zero-order valence-corrected chi connectivity index (χ0v) is 8.65. The van der Waals surface area contributed by atoms with E-state index in [1.54, 1.807) is 0 Å². The maximum absolute atomic E-state index is 3.72. The van der Waals surface area contributed by atoms with Crippen LogP contribution in [0.2, 0.25) is 0 Å². The zero-order chi connectivity index (χ0) is 9.07. The molecule has 0 saturated carbocycles. The predicted molar refractivity (Wildman–Crippen MR) is 70.9 cm³/mol. The highest BCUT2D eigenvalue weighted by Gasteiger charge is 1.89. The molecule has 0 fully saturated rings. The minimum absolute atomic E-state index is 0. The van der Waals surface area contributed by atoms with Gasteiger partial charge in [0.25, 0.3) is 0 Å². The van der Waals surface area contributed by atoms with E-state index in [1.165, 1.54) is 57.8 Å². The molecule has 88 valence electrons. The van der Waals surface area contributed by atoms with Gasteiger partial charge in [-0.05, 0) is 12.8 Å². The van der Waals surface area contributed by atoms with E-state index in [9.17, 15) is 0 Å². The van der Waals surface area contributed by atoms with E-state index < -0.39 is 0 Å². The van der Waals surface area contributed by atoms with Gasteiger partial charge in [-0.15, -0.1) is 6.58 Å². The predicted octanol–water partition coefficient (Wildman–Crippen LogP) is 5.98. The van der Waals surface area contributed by atoms with Crippen molar-refractivity contribution in [3.63, 3.8) is 0 Å². The van der Waals surface area contributed by atoms with Gasteiger partial charge in [0.1, 0.15) is 0 Å². The fourth-order valence-corrected chi connectivity index (χ4v) is 1.42. The van der Waals surface area contributed by atoms with Crippen LogP contribution < -0.4 is 0 Å². The van der Waals surface area contributed by atoms with E-state index in [1.807, 2.05) is 6.08 Å². The summed E-state index contributed by atoms with van der Waals surface area (Å²) in [7, 11) is 0. The van der Waals surface area contributed by atoms with E-state index in [2.05, 4.69) is 13.5 Å². The van der Waals surface area contributed by atoms with Gasteiger partial charge < -0.3 is 0 Å². The third-order valence-corrected chi connectivity index (χ3v) is 2.26. The normalized spacial score (nSPS) is 8.64. The van der Waals surface area contributed by atoms with Crippen LogP contribution in [0.25, 0.3) is 0 Å². The average molecular weight is 200 g/mol. The van der Waals surface area contributed by atoms with Crippen LogP contribution >= 0.6 is 0 Å². The van der Waals surface area contributed by atoms with Gasteiger partial charge in [0.2, 0.25) is 0 Å². The average Bonchev–Trinajstić information content (AvgIpc) is 2.10. The summed E-state index contributed by atoms with van der Waals surface area (Å²) in [4.78, 5) is 0. The molecule has 0 spiro atoms. The molecule has 0 amide bonds. The number of unbranched alkanes of at least 4 members (excludes halogenated alkanes) is 8. The van der Waals surface area contributed by atoms with Gasteiger partial charge in [-0.1, -0.05) is 72.8 Å². The van der Waals surface area contributed by atoms with Gasteiger partial charge in [-0.3, -0.25) is 0 Å². The highest BCUT2D eigenvalue weighted by Crippen LogP contribution is 2.09. The second-order valence-electron chi connectivity index (χ2n) is 3.55. The first-order valence-electron chi connectivity index (χ1n) is 5.52. The molecule has 0 nitrogen and oxygen atoms in total. The van der Waals surface area contributed by atoms with Gasteiger partial charge in [0.15, 0.2) is 0 Å². The van der Waals surface area contributed by atoms with Crippen LogP contribution in [0.15, 0.2) is 12.7 Å². The van der Waals surface area contributed by atoms with Crippen molar-refractivity contribution in [1.82, 2.24) is 0 Å². The van der Waals surface area contributed by atoms with Crippen molar-refractivity contribution in [3.8, 4) is 0 Å². The maximum Gasteiger partial charge on any atom is -0.0353 e. The Kier molecular flexibility index (Phi) is 25.6. The first-order valence-corrected chi connectivity index (χ1v) is 5.52. The Bertz CT molecular complexity index is 84.0. The Morgan fingerprint density at radius 2 is 1.21 bits per heavy atom. The first kappa shape index (κ1) is 19.3. The van der Waals surface area contributed by atoms with Gasteiger partial charge in [0.05, 0.1) is 0 Å². The molecule has 0 heteroatoms. The Morgan fingerprint density at radius 1 is 0.786 bits per heavy atom. The third-order valence-electron chi connectivity index (χ3n) is 2.26. The van der Waals surface area contributed by atoms with Crippen LogP contribution in [0.3, 0.4) is 0 Å². The minimum atomic E-state index is 0. The molecule has 0 heterocycles. The largest absolute Gasteiger partial charge is 0.103 e. The minimum Gasteiger partial charge on any atom is -0.103 e. The van der Waals surface area contributed by atoms with E-state index in [4.69, 9.17) is 0 Å². The van der Waals surface area contributed by atoms with Crippen LogP contribution in [0.5, 0.6) is 0 Å². The van der Waals surface area contributed by atoms with E-state index in [-0.39, 0.29) is 14.9 Å². The summed E-state index contributed by atoms with van der Waals surface area (Å²) >= 11 is 0. The van der Waals surface area contributed by atoms with Crippen molar-refractivity contribution in [2.75, 3.05) is 0 Å². The first-order chi connectivity index (χ1) is 5.91. The molecule has 0 aliphatic rings. The zero-order valence-electron chi connectivity index (χ0n) is 8.65. The van der Waals surface area contributed by atoms with Crippen LogP contribution in [0, 0.1) is 0 Å². The highest BCUT2D eigenvalue weighted by molar-refractivity contribution is 4.65. The van der Waals surface area contributed by atoms with Crippen molar-refractivity contribution in [2.24, 2.45) is 0 Å². The summed E-state index contributed by atoms with van der Waals surface area (Å²) in [5, 5.41) is 0. The molecule has 0 saturated heterocycles. The van der Waals surface area contributed by atoms with Gasteiger partial charge in [-0.2, -0.15) is 0 Å². The molecule has 0 aliphatic carbocycles. The maximum atomic E-state index is 3.72. The topological polar surface area (TPSA) is 0 Å². The lowest BCUT2D eigenvalue weighted by atomic mass is 10.1. The number of allylic oxidation sites excluding steroid dienone is 1. The molecule has 14 heavy (non-hydrogen) atoms. The molecule has 0 bridgehead atoms. The van der Waals surface area contributed by atoms with Crippen LogP contribution in [0.4, 0.5) is 0 Å². The van der Waals surface area contributed by atoms with Crippen molar-refractivity contribution < 1.29 is 0 Å². The Balaban J connectivity index is -0.000000605. The summed E-state index contributed by atoms with van der Waals surface area (Å²) in [5.41, 5.74) is 0.